The number of carboxylic acids is 1. The second kappa shape index (κ2) is 5.31. The van der Waals surface area contributed by atoms with Crippen molar-refractivity contribution in [2.75, 3.05) is 5.32 Å². The quantitative estimate of drug-likeness (QED) is 0.904. The van der Waals surface area contributed by atoms with E-state index in [1.807, 2.05) is 0 Å². The number of carbonyl (C=O) groups is 1. The van der Waals surface area contributed by atoms with Gasteiger partial charge in [0.2, 0.25) is 0 Å². The molecule has 0 fully saturated rings. The van der Waals surface area contributed by atoms with E-state index in [2.05, 4.69) is 26.2 Å². The number of nitrogens with one attached hydrogen (secondary N) is 1. The fourth-order valence-corrected chi connectivity index (χ4v) is 1.83. The van der Waals surface area contributed by atoms with E-state index in [-0.39, 0.29) is 21.5 Å². The Labute approximate surface area is 115 Å². The van der Waals surface area contributed by atoms with Crippen LogP contribution >= 0.6 is 15.9 Å². The third kappa shape index (κ3) is 3.05. The molecule has 0 amide bonds. The van der Waals surface area contributed by atoms with Gasteiger partial charge in [-0.25, -0.2) is 18.6 Å². The maximum Gasteiger partial charge on any atom is 0.354 e. The van der Waals surface area contributed by atoms with Crippen molar-refractivity contribution in [2.24, 2.45) is 0 Å². The lowest BCUT2D eigenvalue weighted by atomic mass is 10.2. The highest BCUT2D eigenvalue weighted by atomic mass is 79.9. The fraction of sp³-hybridized carbons (Fsp3) is 0. The maximum absolute atomic E-state index is 13.6. The van der Waals surface area contributed by atoms with Gasteiger partial charge in [-0.3, -0.25) is 0 Å². The molecule has 0 unspecified atom stereocenters. The first-order chi connectivity index (χ1) is 8.97. The van der Waals surface area contributed by atoms with Gasteiger partial charge in [-0.15, -0.1) is 0 Å². The van der Waals surface area contributed by atoms with Crippen LogP contribution in [0.4, 0.5) is 20.2 Å². The van der Waals surface area contributed by atoms with Crippen molar-refractivity contribution in [1.29, 1.82) is 0 Å². The highest BCUT2D eigenvalue weighted by Crippen LogP contribution is 2.26. The van der Waals surface area contributed by atoms with Gasteiger partial charge in [0, 0.05) is 16.4 Å². The molecule has 0 aliphatic heterocycles. The van der Waals surface area contributed by atoms with E-state index < -0.39 is 17.6 Å². The Morgan fingerprint density at radius 2 is 1.89 bits per heavy atom. The lowest BCUT2D eigenvalue weighted by Crippen LogP contribution is -2.02. The fourth-order valence-electron chi connectivity index (χ4n) is 1.43. The number of rotatable bonds is 3. The molecule has 0 bridgehead atoms. The van der Waals surface area contributed by atoms with Crippen molar-refractivity contribution in [1.82, 2.24) is 4.98 Å². The number of hydrogen-bond acceptors (Lipinski definition) is 3. The molecular weight excluding hydrogens is 322 g/mol. The minimum Gasteiger partial charge on any atom is -0.477 e. The predicted molar refractivity (Wildman–Crippen MR) is 68.5 cm³/mol. The van der Waals surface area contributed by atoms with E-state index in [1.54, 1.807) is 0 Å². The third-order valence-electron chi connectivity index (χ3n) is 2.26. The van der Waals surface area contributed by atoms with Crippen LogP contribution in [0.15, 0.2) is 34.9 Å². The highest BCUT2D eigenvalue weighted by Gasteiger charge is 2.12. The second-order valence-corrected chi connectivity index (χ2v) is 4.52. The average molecular weight is 329 g/mol. The molecule has 0 spiro atoms. The summed E-state index contributed by atoms with van der Waals surface area (Å²) in [6, 6.07) is 4.80. The molecule has 1 aromatic carbocycles. The number of pyridine rings is 1. The van der Waals surface area contributed by atoms with Gasteiger partial charge in [-0.05, 0) is 24.3 Å². The Morgan fingerprint density at radius 3 is 2.47 bits per heavy atom. The van der Waals surface area contributed by atoms with Crippen LogP contribution < -0.4 is 5.32 Å². The number of hydrogen-bond donors (Lipinski definition) is 2. The molecular formula is C12H7BrF2N2O2. The molecule has 19 heavy (non-hydrogen) atoms. The molecule has 4 nitrogen and oxygen atoms in total. The van der Waals surface area contributed by atoms with Gasteiger partial charge in [0.1, 0.15) is 11.4 Å². The molecule has 1 aromatic heterocycles. The van der Waals surface area contributed by atoms with Crippen LogP contribution in [-0.4, -0.2) is 16.1 Å². The van der Waals surface area contributed by atoms with Gasteiger partial charge in [0.25, 0.3) is 0 Å². The molecule has 2 rings (SSSR count). The van der Waals surface area contributed by atoms with E-state index in [1.165, 1.54) is 18.3 Å². The zero-order valence-electron chi connectivity index (χ0n) is 9.32. The van der Waals surface area contributed by atoms with Gasteiger partial charge >= 0.3 is 5.97 Å². The number of nitrogens with zero attached hydrogens (tertiary/aromatic N) is 1. The van der Waals surface area contributed by atoms with E-state index in [0.29, 0.717) is 0 Å². The molecule has 2 N–H and O–H groups in total. The average Bonchev–Trinajstić information content (AvgIpc) is 2.34. The SMILES string of the molecule is O=C(O)c1cc(Nc2c(F)cc(Br)cc2F)ccn1. The first-order valence-corrected chi connectivity index (χ1v) is 5.87. The molecule has 98 valence electrons. The zero-order chi connectivity index (χ0) is 14.0. The predicted octanol–water partition coefficient (Wildman–Crippen LogP) is 3.56. The van der Waals surface area contributed by atoms with Crippen molar-refractivity contribution >= 4 is 33.3 Å². The molecule has 0 radical (unpaired) electrons. The molecule has 1 heterocycles. The second-order valence-electron chi connectivity index (χ2n) is 3.60. The number of anilines is 2. The van der Waals surface area contributed by atoms with Crippen LogP contribution in [0.5, 0.6) is 0 Å². The molecule has 0 aliphatic rings. The molecule has 0 saturated carbocycles. The van der Waals surface area contributed by atoms with Crippen LogP contribution in [0.25, 0.3) is 0 Å². The summed E-state index contributed by atoms with van der Waals surface area (Å²) in [4.78, 5) is 14.3. The minimum atomic E-state index is -1.22. The summed E-state index contributed by atoms with van der Waals surface area (Å²) >= 11 is 2.97. The summed E-state index contributed by atoms with van der Waals surface area (Å²) in [5, 5.41) is 11.3. The van der Waals surface area contributed by atoms with Gasteiger partial charge in [-0.2, -0.15) is 0 Å². The number of aromatic nitrogens is 1. The summed E-state index contributed by atoms with van der Waals surface area (Å²) < 4.78 is 27.5. The molecule has 7 heteroatoms. The number of halogens is 3. The Balaban J connectivity index is 2.36. The number of benzene rings is 1. The smallest absolute Gasteiger partial charge is 0.354 e. The van der Waals surface area contributed by atoms with E-state index in [4.69, 9.17) is 5.11 Å². The minimum absolute atomic E-state index is 0.220. The van der Waals surface area contributed by atoms with Gasteiger partial charge in [0.05, 0.1) is 0 Å². The monoisotopic (exact) mass is 328 g/mol. The summed E-state index contributed by atoms with van der Waals surface area (Å²) in [6.45, 7) is 0. The summed E-state index contributed by atoms with van der Waals surface area (Å²) in [6.07, 6.45) is 1.24. The van der Waals surface area contributed by atoms with Crippen molar-refractivity contribution in [3.63, 3.8) is 0 Å². The van der Waals surface area contributed by atoms with Crippen LogP contribution in [-0.2, 0) is 0 Å². The van der Waals surface area contributed by atoms with Crippen LogP contribution in [0, 0.1) is 11.6 Å². The highest BCUT2D eigenvalue weighted by molar-refractivity contribution is 9.10. The van der Waals surface area contributed by atoms with E-state index >= 15 is 0 Å². The van der Waals surface area contributed by atoms with Crippen LogP contribution in [0.3, 0.4) is 0 Å². The standard InChI is InChI=1S/C12H7BrF2N2O2/c13-6-3-8(14)11(9(15)4-6)17-7-1-2-16-10(5-7)12(18)19/h1-5H,(H,16,17)(H,18,19). The Bertz CT molecular complexity index is 626. The van der Waals surface area contributed by atoms with Crippen molar-refractivity contribution in [3.05, 3.63) is 52.3 Å². The summed E-state index contributed by atoms with van der Waals surface area (Å²) in [5.41, 5.74) is -0.346. The largest absolute Gasteiger partial charge is 0.477 e. The molecule has 0 atom stereocenters. The van der Waals surface area contributed by atoms with Crippen molar-refractivity contribution < 1.29 is 18.7 Å². The lowest BCUT2D eigenvalue weighted by molar-refractivity contribution is 0.0690. The van der Waals surface area contributed by atoms with Gasteiger partial charge in [0.15, 0.2) is 11.6 Å². The Kier molecular flexibility index (Phi) is 3.75. The molecule has 2 aromatic rings. The van der Waals surface area contributed by atoms with Crippen LogP contribution in [0.1, 0.15) is 10.5 Å². The van der Waals surface area contributed by atoms with Gasteiger partial charge in [-0.1, -0.05) is 15.9 Å². The lowest BCUT2D eigenvalue weighted by Gasteiger charge is -2.09. The maximum atomic E-state index is 13.6. The molecule has 0 aliphatic carbocycles. The number of aromatic carboxylic acids is 1. The first kappa shape index (κ1) is 13.4. The Hall–Kier alpha value is -2.02. The third-order valence-corrected chi connectivity index (χ3v) is 2.71. The topological polar surface area (TPSA) is 62.2 Å². The summed E-state index contributed by atoms with van der Waals surface area (Å²) in [7, 11) is 0. The summed E-state index contributed by atoms with van der Waals surface area (Å²) in [5.74, 6) is -2.80. The normalized spacial score (nSPS) is 10.3. The Morgan fingerprint density at radius 1 is 1.26 bits per heavy atom. The van der Waals surface area contributed by atoms with E-state index in [0.717, 1.165) is 12.1 Å². The molecule has 0 saturated heterocycles. The van der Waals surface area contributed by atoms with Crippen molar-refractivity contribution in [2.45, 2.75) is 0 Å². The van der Waals surface area contributed by atoms with E-state index in [9.17, 15) is 13.6 Å². The van der Waals surface area contributed by atoms with Gasteiger partial charge < -0.3 is 10.4 Å². The van der Waals surface area contributed by atoms with Crippen molar-refractivity contribution in [3.8, 4) is 0 Å². The number of carboxylic acid groups (broad SMARTS) is 1. The first-order valence-electron chi connectivity index (χ1n) is 5.08. The van der Waals surface area contributed by atoms with Crippen LogP contribution in [0.2, 0.25) is 0 Å². The zero-order valence-corrected chi connectivity index (χ0v) is 10.9.